The molecule has 0 fully saturated rings. The topological polar surface area (TPSA) is 44.2 Å². The van der Waals surface area contributed by atoms with E-state index in [1.165, 1.54) is 12.1 Å². The lowest BCUT2D eigenvalue weighted by Gasteiger charge is -2.20. The maximum atomic E-state index is 13.6. The summed E-state index contributed by atoms with van der Waals surface area (Å²) in [6.07, 6.45) is 0. The summed E-state index contributed by atoms with van der Waals surface area (Å²) in [5, 5.41) is 8.24. The molecule has 0 aliphatic carbocycles. The maximum Gasteiger partial charge on any atom is 0.189 e. The summed E-state index contributed by atoms with van der Waals surface area (Å²) >= 11 is 4.78. The van der Waals surface area contributed by atoms with E-state index in [0.29, 0.717) is 12.4 Å². The van der Waals surface area contributed by atoms with Gasteiger partial charge in [-0.3, -0.25) is 0 Å². The van der Waals surface area contributed by atoms with E-state index in [2.05, 4.69) is 17.1 Å². The standard InChI is InChI=1S/C13H13FN2O2S3/c1-2-19-12-15-16-13(21-12)20-6-9-4-10(14)3-8-5-17-7-18-11(8)9/h3-4H,2,5-7H2,1H3. The summed E-state index contributed by atoms with van der Waals surface area (Å²) in [6.45, 7) is 2.69. The minimum atomic E-state index is -0.266. The van der Waals surface area contributed by atoms with Gasteiger partial charge in [-0.2, -0.15) is 0 Å². The predicted octanol–water partition coefficient (Wildman–Crippen LogP) is 3.95. The molecular weight excluding hydrogens is 331 g/mol. The molecule has 8 heteroatoms. The van der Waals surface area contributed by atoms with Crippen LogP contribution in [0.2, 0.25) is 0 Å². The van der Waals surface area contributed by atoms with E-state index in [0.717, 1.165) is 31.3 Å². The molecule has 0 spiro atoms. The molecule has 1 aromatic heterocycles. The SMILES string of the molecule is CCSc1nnc(SCc2cc(F)cc3c2OCOC3)s1. The molecule has 0 N–H and O–H groups in total. The van der Waals surface area contributed by atoms with Gasteiger partial charge in [-0.25, -0.2) is 4.39 Å². The van der Waals surface area contributed by atoms with Crippen LogP contribution in [0, 0.1) is 5.82 Å². The Morgan fingerprint density at radius 3 is 2.90 bits per heavy atom. The van der Waals surface area contributed by atoms with Crippen molar-refractivity contribution < 1.29 is 13.9 Å². The maximum absolute atomic E-state index is 13.6. The van der Waals surface area contributed by atoms with Crippen LogP contribution in [0.15, 0.2) is 20.8 Å². The van der Waals surface area contributed by atoms with Crippen molar-refractivity contribution in [2.75, 3.05) is 12.5 Å². The average Bonchev–Trinajstić information content (AvgIpc) is 2.93. The molecule has 1 aromatic carbocycles. The zero-order chi connectivity index (χ0) is 14.7. The van der Waals surface area contributed by atoms with Crippen LogP contribution < -0.4 is 4.74 Å². The van der Waals surface area contributed by atoms with Crippen molar-refractivity contribution in [3.63, 3.8) is 0 Å². The van der Waals surface area contributed by atoms with Crippen LogP contribution >= 0.6 is 34.9 Å². The van der Waals surface area contributed by atoms with Gasteiger partial charge in [0.05, 0.1) is 6.61 Å². The molecule has 0 unspecified atom stereocenters. The molecule has 0 radical (unpaired) electrons. The quantitative estimate of drug-likeness (QED) is 0.765. The third-order valence-corrected chi connectivity index (χ3v) is 5.88. The van der Waals surface area contributed by atoms with Crippen LogP contribution in [0.4, 0.5) is 4.39 Å². The van der Waals surface area contributed by atoms with Crippen molar-refractivity contribution in [1.82, 2.24) is 10.2 Å². The number of halogens is 1. The van der Waals surface area contributed by atoms with Crippen molar-refractivity contribution in [3.05, 3.63) is 29.1 Å². The summed E-state index contributed by atoms with van der Waals surface area (Å²) in [5.41, 5.74) is 1.59. The molecule has 112 valence electrons. The highest BCUT2D eigenvalue weighted by atomic mass is 32.2. The zero-order valence-electron chi connectivity index (χ0n) is 11.3. The zero-order valence-corrected chi connectivity index (χ0v) is 13.7. The van der Waals surface area contributed by atoms with E-state index in [1.807, 2.05) is 0 Å². The Morgan fingerprint density at radius 1 is 1.29 bits per heavy atom. The molecule has 0 amide bonds. The van der Waals surface area contributed by atoms with Crippen LogP contribution in [0.25, 0.3) is 0 Å². The van der Waals surface area contributed by atoms with Gasteiger partial charge in [0.1, 0.15) is 11.6 Å². The van der Waals surface area contributed by atoms with E-state index in [9.17, 15) is 4.39 Å². The van der Waals surface area contributed by atoms with Gasteiger partial charge in [-0.05, 0) is 17.9 Å². The molecule has 2 heterocycles. The second-order valence-corrected chi connectivity index (χ2v) is 7.93. The van der Waals surface area contributed by atoms with Crippen molar-refractivity contribution >= 4 is 34.9 Å². The molecule has 1 aliphatic heterocycles. The Hall–Kier alpha value is -0.830. The minimum Gasteiger partial charge on any atom is -0.467 e. The predicted molar refractivity (Wildman–Crippen MR) is 82.6 cm³/mol. The van der Waals surface area contributed by atoms with Crippen LogP contribution in [0.3, 0.4) is 0 Å². The number of ether oxygens (including phenoxy) is 2. The highest BCUT2D eigenvalue weighted by molar-refractivity contribution is 8.02. The lowest BCUT2D eigenvalue weighted by Crippen LogP contribution is -2.13. The number of rotatable bonds is 5. The first kappa shape index (κ1) is 15.1. The largest absolute Gasteiger partial charge is 0.467 e. The molecular formula is C13H13FN2O2S3. The van der Waals surface area contributed by atoms with Crippen molar-refractivity contribution in [3.8, 4) is 5.75 Å². The van der Waals surface area contributed by atoms with Crippen molar-refractivity contribution in [1.29, 1.82) is 0 Å². The van der Waals surface area contributed by atoms with Crippen LogP contribution in [-0.2, 0) is 17.1 Å². The second-order valence-electron chi connectivity index (χ2n) is 4.22. The van der Waals surface area contributed by atoms with Crippen LogP contribution in [0.5, 0.6) is 5.75 Å². The molecule has 21 heavy (non-hydrogen) atoms. The van der Waals surface area contributed by atoms with Crippen LogP contribution in [-0.4, -0.2) is 22.7 Å². The highest BCUT2D eigenvalue weighted by Gasteiger charge is 2.17. The summed E-state index contributed by atoms with van der Waals surface area (Å²) in [5.74, 6) is 2.05. The number of thioether (sulfide) groups is 2. The van der Waals surface area contributed by atoms with Gasteiger partial charge in [0, 0.05) is 16.9 Å². The minimum absolute atomic E-state index is 0.215. The summed E-state index contributed by atoms with van der Waals surface area (Å²) in [6, 6.07) is 2.98. The normalized spacial score (nSPS) is 13.8. The van der Waals surface area contributed by atoms with Gasteiger partial charge in [-0.15, -0.1) is 10.2 Å². The van der Waals surface area contributed by atoms with Gasteiger partial charge in [0.2, 0.25) is 0 Å². The van der Waals surface area contributed by atoms with Gasteiger partial charge in [0.15, 0.2) is 15.5 Å². The van der Waals surface area contributed by atoms with Gasteiger partial charge in [0.25, 0.3) is 0 Å². The first-order valence-electron chi connectivity index (χ1n) is 6.37. The van der Waals surface area contributed by atoms with Crippen molar-refractivity contribution in [2.45, 2.75) is 28.0 Å². The Morgan fingerprint density at radius 2 is 2.10 bits per heavy atom. The highest BCUT2D eigenvalue weighted by Crippen LogP contribution is 2.35. The monoisotopic (exact) mass is 344 g/mol. The molecule has 2 aromatic rings. The number of benzene rings is 1. The molecule has 3 rings (SSSR count). The number of hydrogen-bond acceptors (Lipinski definition) is 7. The first-order chi connectivity index (χ1) is 10.3. The molecule has 0 saturated carbocycles. The molecule has 0 atom stereocenters. The van der Waals surface area contributed by atoms with E-state index < -0.39 is 0 Å². The van der Waals surface area contributed by atoms with Gasteiger partial charge in [-0.1, -0.05) is 41.8 Å². The molecule has 0 bridgehead atoms. The van der Waals surface area contributed by atoms with Crippen LogP contribution in [0.1, 0.15) is 18.1 Å². The molecule has 0 saturated heterocycles. The summed E-state index contributed by atoms with van der Waals surface area (Å²) < 4.78 is 26.2. The Kier molecular flexibility index (Phi) is 4.99. The Balaban J connectivity index is 1.73. The van der Waals surface area contributed by atoms with E-state index in [-0.39, 0.29) is 12.6 Å². The van der Waals surface area contributed by atoms with E-state index in [4.69, 9.17) is 9.47 Å². The van der Waals surface area contributed by atoms with E-state index in [1.54, 1.807) is 34.9 Å². The van der Waals surface area contributed by atoms with Gasteiger partial charge < -0.3 is 9.47 Å². The third-order valence-electron chi connectivity index (χ3n) is 2.76. The number of hydrogen-bond donors (Lipinski definition) is 0. The fourth-order valence-electron chi connectivity index (χ4n) is 1.94. The Labute approximate surface area is 134 Å². The summed E-state index contributed by atoms with van der Waals surface area (Å²) in [4.78, 5) is 0. The fourth-order valence-corrected chi connectivity index (χ4v) is 4.82. The average molecular weight is 344 g/mol. The third kappa shape index (κ3) is 3.68. The van der Waals surface area contributed by atoms with E-state index >= 15 is 0 Å². The lowest BCUT2D eigenvalue weighted by molar-refractivity contribution is -0.0171. The summed E-state index contributed by atoms with van der Waals surface area (Å²) in [7, 11) is 0. The second kappa shape index (κ2) is 6.95. The number of aromatic nitrogens is 2. The number of fused-ring (bicyclic) bond motifs is 1. The van der Waals surface area contributed by atoms with Crippen molar-refractivity contribution in [2.24, 2.45) is 0 Å². The fraction of sp³-hybridized carbons (Fsp3) is 0.385. The Bertz CT molecular complexity index is 636. The molecule has 1 aliphatic rings. The van der Waals surface area contributed by atoms with Gasteiger partial charge >= 0.3 is 0 Å². The lowest BCUT2D eigenvalue weighted by atomic mass is 10.1. The molecule has 4 nitrogen and oxygen atoms in total. The number of nitrogens with zero attached hydrogens (tertiary/aromatic N) is 2. The first-order valence-corrected chi connectivity index (χ1v) is 9.16. The smallest absolute Gasteiger partial charge is 0.189 e.